The predicted octanol–water partition coefficient (Wildman–Crippen LogP) is 1.41. The molecule has 1 N–H and O–H groups in total. The van der Waals surface area contributed by atoms with E-state index in [0.29, 0.717) is 18.4 Å². The van der Waals surface area contributed by atoms with Crippen LogP contribution in [0.1, 0.15) is 30.8 Å². The van der Waals surface area contributed by atoms with Crippen LogP contribution in [0.4, 0.5) is 0 Å². The van der Waals surface area contributed by atoms with Crippen molar-refractivity contribution >= 4 is 0 Å². The SMILES string of the molecule is OCC1CCc2cnc(CC3CCCOC3)n2C1. The summed E-state index contributed by atoms with van der Waals surface area (Å²) in [4.78, 5) is 4.59. The molecule has 2 aliphatic rings. The molecule has 0 bridgehead atoms. The number of fused-ring (bicyclic) bond motifs is 1. The lowest BCUT2D eigenvalue weighted by atomic mass is 9.96. The van der Waals surface area contributed by atoms with Crippen LogP contribution in [0.25, 0.3) is 0 Å². The van der Waals surface area contributed by atoms with Crippen LogP contribution in [0.2, 0.25) is 0 Å². The summed E-state index contributed by atoms with van der Waals surface area (Å²) in [5, 5.41) is 9.31. The highest BCUT2D eigenvalue weighted by molar-refractivity contribution is 5.09. The third-order valence-electron chi connectivity index (χ3n) is 4.25. The lowest BCUT2D eigenvalue weighted by Gasteiger charge is -2.26. The van der Waals surface area contributed by atoms with Crippen molar-refractivity contribution in [2.75, 3.05) is 19.8 Å². The van der Waals surface area contributed by atoms with Crippen LogP contribution in [0.3, 0.4) is 0 Å². The van der Waals surface area contributed by atoms with Gasteiger partial charge in [0.1, 0.15) is 5.82 Å². The third kappa shape index (κ3) is 2.45. The molecule has 1 saturated heterocycles. The van der Waals surface area contributed by atoms with Crippen molar-refractivity contribution in [3.63, 3.8) is 0 Å². The number of imidazole rings is 1. The van der Waals surface area contributed by atoms with Crippen molar-refractivity contribution in [1.82, 2.24) is 9.55 Å². The van der Waals surface area contributed by atoms with Gasteiger partial charge in [-0.25, -0.2) is 4.98 Å². The topological polar surface area (TPSA) is 47.3 Å². The van der Waals surface area contributed by atoms with Gasteiger partial charge in [0.25, 0.3) is 0 Å². The Balaban J connectivity index is 1.71. The van der Waals surface area contributed by atoms with E-state index in [1.807, 2.05) is 6.20 Å². The van der Waals surface area contributed by atoms with E-state index in [1.165, 1.54) is 24.4 Å². The highest BCUT2D eigenvalue weighted by Gasteiger charge is 2.23. The Labute approximate surface area is 108 Å². The van der Waals surface area contributed by atoms with E-state index >= 15 is 0 Å². The van der Waals surface area contributed by atoms with E-state index in [2.05, 4.69) is 9.55 Å². The molecule has 100 valence electrons. The number of hydrogen-bond acceptors (Lipinski definition) is 3. The number of rotatable bonds is 3. The molecular formula is C14H22N2O2. The van der Waals surface area contributed by atoms with Gasteiger partial charge in [-0.2, -0.15) is 0 Å². The molecule has 1 aromatic heterocycles. The summed E-state index contributed by atoms with van der Waals surface area (Å²) < 4.78 is 7.87. The summed E-state index contributed by atoms with van der Waals surface area (Å²) in [5.74, 6) is 2.23. The van der Waals surface area contributed by atoms with E-state index in [1.54, 1.807) is 0 Å². The number of nitrogens with zero attached hydrogens (tertiary/aromatic N) is 2. The first kappa shape index (κ1) is 12.2. The molecule has 0 aliphatic carbocycles. The van der Waals surface area contributed by atoms with Gasteiger partial charge in [-0.3, -0.25) is 0 Å². The van der Waals surface area contributed by atoms with Gasteiger partial charge in [0.2, 0.25) is 0 Å². The Morgan fingerprint density at radius 2 is 2.33 bits per heavy atom. The first-order chi connectivity index (χ1) is 8.86. The minimum atomic E-state index is 0.295. The van der Waals surface area contributed by atoms with Gasteiger partial charge in [0.15, 0.2) is 0 Å². The number of aromatic nitrogens is 2. The first-order valence-electron chi connectivity index (χ1n) is 7.08. The number of aliphatic hydroxyl groups excluding tert-OH is 1. The molecule has 0 spiro atoms. The molecule has 0 saturated carbocycles. The normalized spacial score (nSPS) is 28.1. The number of aryl methyl sites for hydroxylation is 1. The lowest BCUT2D eigenvalue weighted by Crippen LogP contribution is -2.26. The average molecular weight is 250 g/mol. The molecule has 0 aromatic carbocycles. The van der Waals surface area contributed by atoms with Crippen molar-refractivity contribution in [2.45, 2.75) is 38.6 Å². The molecule has 4 heteroatoms. The van der Waals surface area contributed by atoms with Crippen LogP contribution in [0.5, 0.6) is 0 Å². The highest BCUT2D eigenvalue weighted by Crippen LogP contribution is 2.24. The zero-order valence-corrected chi connectivity index (χ0v) is 10.8. The summed E-state index contributed by atoms with van der Waals surface area (Å²) in [7, 11) is 0. The minimum absolute atomic E-state index is 0.295. The molecule has 3 heterocycles. The van der Waals surface area contributed by atoms with Gasteiger partial charge in [-0.15, -0.1) is 0 Å². The largest absolute Gasteiger partial charge is 0.396 e. The molecular weight excluding hydrogens is 228 g/mol. The zero-order chi connectivity index (χ0) is 12.4. The second-order valence-corrected chi connectivity index (χ2v) is 5.65. The van der Waals surface area contributed by atoms with E-state index in [0.717, 1.165) is 39.0 Å². The number of hydrogen-bond donors (Lipinski definition) is 1. The van der Waals surface area contributed by atoms with Gasteiger partial charge < -0.3 is 14.4 Å². The molecule has 1 fully saturated rings. The third-order valence-corrected chi connectivity index (χ3v) is 4.25. The summed E-state index contributed by atoms with van der Waals surface area (Å²) in [6.07, 6.45) is 7.63. The van der Waals surface area contributed by atoms with E-state index in [4.69, 9.17) is 4.74 Å². The maximum Gasteiger partial charge on any atom is 0.109 e. The van der Waals surface area contributed by atoms with Crippen LogP contribution in [-0.2, 0) is 24.1 Å². The van der Waals surface area contributed by atoms with Crippen LogP contribution >= 0.6 is 0 Å². The molecule has 2 atom stereocenters. The molecule has 4 nitrogen and oxygen atoms in total. The smallest absolute Gasteiger partial charge is 0.109 e. The molecule has 2 aliphatic heterocycles. The van der Waals surface area contributed by atoms with E-state index in [-0.39, 0.29) is 0 Å². The molecule has 0 radical (unpaired) electrons. The van der Waals surface area contributed by atoms with Gasteiger partial charge in [0.05, 0.1) is 0 Å². The predicted molar refractivity (Wildman–Crippen MR) is 68.4 cm³/mol. The van der Waals surface area contributed by atoms with Gasteiger partial charge in [-0.1, -0.05) is 0 Å². The molecule has 18 heavy (non-hydrogen) atoms. The fourth-order valence-corrected chi connectivity index (χ4v) is 3.12. The average Bonchev–Trinajstić information content (AvgIpc) is 2.82. The maximum atomic E-state index is 9.31. The Morgan fingerprint density at radius 1 is 1.39 bits per heavy atom. The van der Waals surface area contributed by atoms with Crippen LogP contribution in [0.15, 0.2) is 6.20 Å². The Kier molecular flexibility index (Phi) is 3.66. The van der Waals surface area contributed by atoms with Crippen molar-refractivity contribution in [1.29, 1.82) is 0 Å². The summed E-state index contributed by atoms with van der Waals surface area (Å²) in [5.41, 5.74) is 1.34. The van der Waals surface area contributed by atoms with Crippen LogP contribution in [-0.4, -0.2) is 34.5 Å². The Hall–Kier alpha value is -0.870. The molecule has 2 unspecified atom stereocenters. The number of aliphatic hydroxyl groups is 1. The second kappa shape index (κ2) is 5.41. The molecule has 0 amide bonds. The van der Waals surface area contributed by atoms with Crippen molar-refractivity contribution < 1.29 is 9.84 Å². The number of ether oxygens (including phenoxy) is 1. The standard InChI is InChI=1S/C14H22N2O2/c17-9-12-3-4-13-7-15-14(16(13)8-12)6-11-2-1-5-18-10-11/h7,11-12,17H,1-6,8-10H2. The monoisotopic (exact) mass is 250 g/mol. The quantitative estimate of drug-likeness (QED) is 0.882. The van der Waals surface area contributed by atoms with Crippen LogP contribution < -0.4 is 0 Å². The lowest BCUT2D eigenvalue weighted by molar-refractivity contribution is 0.0537. The first-order valence-corrected chi connectivity index (χ1v) is 7.08. The summed E-state index contributed by atoms with van der Waals surface area (Å²) >= 11 is 0. The minimum Gasteiger partial charge on any atom is -0.396 e. The van der Waals surface area contributed by atoms with Gasteiger partial charge >= 0.3 is 0 Å². The fraction of sp³-hybridized carbons (Fsp3) is 0.786. The Morgan fingerprint density at radius 3 is 3.11 bits per heavy atom. The zero-order valence-electron chi connectivity index (χ0n) is 10.8. The summed E-state index contributed by atoms with van der Waals surface area (Å²) in [6.45, 7) is 3.03. The van der Waals surface area contributed by atoms with Crippen molar-refractivity contribution in [3.8, 4) is 0 Å². The van der Waals surface area contributed by atoms with E-state index in [9.17, 15) is 5.11 Å². The Bertz CT molecular complexity index is 396. The van der Waals surface area contributed by atoms with Crippen molar-refractivity contribution in [2.24, 2.45) is 11.8 Å². The fourth-order valence-electron chi connectivity index (χ4n) is 3.12. The van der Waals surface area contributed by atoms with Gasteiger partial charge in [-0.05, 0) is 31.6 Å². The molecule has 3 rings (SSSR count). The highest BCUT2D eigenvalue weighted by atomic mass is 16.5. The van der Waals surface area contributed by atoms with Crippen molar-refractivity contribution in [3.05, 3.63) is 17.7 Å². The maximum absolute atomic E-state index is 9.31. The van der Waals surface area contributed by atoms with Crippen LogP contribution in [0, 0.1) is 11.8 Å². The van der Waals surface area contributed by atoms with E-state index < -0.39 is 0 Å². The van der Waals surface area contributed by atoms with Gasteiger partial charge in [0, 0.05) is 50.6 Å². The molecule has 1 aromatic rings. The summed E-state index contributed by atoms with van der Waals surface area (Å²) in [6, 6.07) is 0. The second-order valence-electron chi connectivity index (χ2n) is 5.65.